The summed E-state index contributed by atoms with van der Waals surface area (Å²) in [6.45, 7) is 0.701. The highest BCUT2D eigenvalue weighted by Crippen LogP contribution is 2.25. The third kappa shape index (κ3) is 3.47. The van der Waals surface area contributed by atoms with E-state index < -0.39 is 0 Å². The second-order valence-corrected chi connectivity index (χ2v) is 5.41. The lowest BCUT2D eigenvalue weighted by Crippen LogP contribution is -2.13. The summed E-state index contributed by atoms with van der Waals surface area (Å²) in [5.74, 6) is 1.41. The van der Waals surface area contributed by atoms with Crippen LogP contribution in [-0.4, -0.2) is 16.7 Å². The summed E-state index contributed by atoms with van der Waals surface area (Å²) in [4.78, 5) is 4.44. The second-order valence-electron chi connectivity index (χ2n) is 5.41. The number of hydrogen-bond acceptors (Lipinski definition) is 5. The Morgan fingerprint density at radius 2 is 2.14 bits per heavy atom. The van der Waals surface area contributed by atoms with Gasteiger partial charge in [0.1, 0.15) is 0 Å². The molecule has 1 aromatic carbocycles. The molecule has 1 N–H and O–H groups in total. The average Bonchev–Trinajstić information content (AvgIpc) is 3.17. The Bertz CT molecular complexity index is 617. The van der Waals surface area contributed by atoms with Crippen molar-refractivity contribution in [2.24, 2.45) is 5.92 Å². The van der Waals surface area contributed by atoms with Crippen molar-refractivity contribution in [2.45, 2.75) is 31.7 Å². The summed E-state index contributed by atoms with van der Waals surface area (Å²) in [5.41, 5.74) is 1.33. The van der Waals surface area contributed by atoms with Crippen LogP contribution in [0.2, 0.25) is 0 Å². The van der Waals surface area contributed by atoms with Crippen LogP contribution < -0.4 is 5.32 Å². The lowest BCUT2D eigenvalue weighted by Gasteiger charge is -2.01. The molecule has 2 aromatic rings. The van der Waals surface area contributed by atoms with Gasteiger partial charge in [-0.25, -0.2) is 0 Å². The quantitative estimate of drug-likeness (QED) is 0.911. The van der Waals surface area contributed by atoms with E-state index in [0.717, 1.165) is 31.5 Å². The van der Waals surface area contributed by atoms with Gasteiger partial charge in [0.05, 0.1) is 18.0 Å². The summed E-state index contributed by atoms with van der Waals surface area (Å²) in [6.07, 6.45) is 3.58. The minimum atomic E-state index is 0.0324. The first kappa shape index (κ1) is 13.8. The number of rotatable bonds is 5. The van der Waals surface area contributed by atoms with Crippen LogP contribution >= 0.6 is 0 Å². The number of aryl methyl sites for hydroxylation is 2. The standard InChI is InChI=1S/C16H18N4O/c17-10-13-9-14(18-11-13)16-19-15(20-21-16)8-4-7-12-5-2-1-3-6-12/h1-3,5-6,13-14,18H,4,7-9,11H2/t13-,14?/m1/s1. The van der Waals surface area contributed by atoms with Crippen LogP contribution in [0.25, 0.3) is 0 Å². The smallest absolute Gasteiger partial charge is 0.243 e. The van der Waals surface area contributed by atoms with Crippen molar-refractivity contribution in [3.05, 3.63) is 47.6 Å². The van der Waals surface area contributed by atoms with Crippen LogP contribution in [0.1, 0.15) is 36.2 Å². The van der Waals surface area contributed by atoms with Gasteiger partial charge in [-0.3, -0.25) is 0 Å². The molecule has 0 radical (unpaired) electrons. The van der Waals surface area contributed by atoms with Crippen LogP contribution in [-0.2, 0) is 12.8 Å². The molecule has 0 amide bonds. The Balaban J connectivity index is 1.50. The van der Waals surface area contributed by atoms with Gasteiger partial charge < -0.3 is 9.84 Å². The predicted molar refractivity (Wildman–Crippen MR) is 77.2 cm³/mol. The molecule has 5 heteroatoms. The van der Waals surface area contributed by atoms with Crippen molar-refractivity contribution >= 4 is 0 Å². The Morgan fingerprint density at radius 3 is 2.90 bits per heavy atom. The van der Waals surface area contributed by atoms with Crippen LogP contribution in [0.4, 0.5) is 0 Å². The van der Waals surface area contributed by atoms with Gasteiger partial charge in [-0.2, -0.15) is 10.2 Å². The zero-order valence-corrected chi connectivity index (χ0v) is 11.8. The minimum Gasteiger partial charge on any atom is -0.338 e. The number of nitriles is 1. The van der Waals surface area contributed by atoms with Gasteiger partial charge >= 0.3 is 0 Å². The molecule has 1 fully saturated rings. The molecule has 1 aliphatic heterocycles. The molecule has 5 nitrogen and oxygen atoms in total. The summed E-state index contributed by atoms with van der Waals surface area (Å²) in [7, 11) is 0. The number of nitrogens with one attached hydrogen (secondary N) is 1. The van der Waals surface area contributed by atoms with E-state index in [1.165, 1.54) is 5.56 Å². The van der Waals surface area contributed by atoms with Crippen molar-refractivity contribution in [3.63, 3.8) is 0 Å². The molecule has 0 aliphatic carbocycles. The first-order valence-corrected chi connectivity index (χ1v) is 7.34. The largest absolute Gasteiger partial charge is 0.338 e. The van der Waals surface area contributed by atoms with Gasteiger partial charge in [-0.1, -0.05) is 35.5 Å². The fourth-order valence-corrected chi connectivity index (χ4v) is 2.63. The molecular formula is C16H18N4O. The van der Waals surface area contributed by atoms with E-state index in [1.807, 2.05) is 6.07 Å². The maximum atomic E-state index is 8.90. The third-order valence-corrected chi connectivity index (χ3v) is 3.80. The Kier molecular flexibility index (Phi) is 4.27. The van der Waals surface area contributed by atoms with E-state index in [9.17, 15) is 0 Å². The molecule has 0 saturated carbocycles. The molecule has 0 spiro atoms. The van der Waals surface area contributed by atoms with Gasteiger partial charge in [0, 0.05) is 13.0 Å². The fraction of sp³-hybridized carbons (Fsp3) is 0.438. The normalized spacial score (nSPS) is 21.3. The van der Waals surface area contributed by atoms with Crippen LogP contribution in [0, 0.1) is 17.2 Å². The zero-order valence-electron chi connectivity index (χ0n) is 11.8. The highest BCUT2D eigenvalue weighted by molar-refractivity contribution is 5.14. The highest BCUT2D eigenvalue weighted by Gasteiger charge is 2.29. The number of benzene rings is 1. The van der Waals surface area contributed by atoms with Crippen molar-refractivity contribution < 1.29 is 4.52 Å². The fourth-order valence-electron chi connectivity index (χ4n) is 2.63. The molecule has 108 valence electrons. The molecule has 3 rings (SSSR count). The summed E-state index contributed by atoms with van der Waals surface area (Å²) in [6, 6.07) is 12.7. The van der Waals surface area contributed by atoms with Gasteiger partial charge in [0.15, 0.2) is 5.82 Å². The maximum Gasteiger partial charge on any atom is 0.243 e. The maximum absolute atomic E-state index is 8.90. The summed E-state index contributed by atoms with van der Waals surface area (Å²) in [5, 5.41) is 16.2. The molecule has 1 saturated heterocycles. The monoisotopic (exact) mass is 282 g/mol. The van der Waals surface area contributed by atoms with Crippen molar-refractivity contribution in [2.75, 3.05) is 6.54 Å². The summed E-state index contributed by atoms with van der Waals surface area (Å²) >= 11 is 0. The first-order chi connectivity index (χ1) is 10.3. The molecule has 1 aromatic heterocycles. The molecule has 2 atom stereocenters. The van der Waals surface area contributed by atoms with Gasteiger partial charge in [-0.15, -0.1) is 0 Å². The molecule has 1 aliphatic rings. The minimum absolute atomic E-state index is 0.0324. The Labute approximate surface area is 124 Å². The van der Waals surface area contributed by atoms with Crippen LogP contribution in [0.3, 0.4) is 0 Å². The number of hydrogen-bond donors (Lipinski definition) is 1. The average molecular weight is 282 g/mol. The van der Waals surface area contributed by atoms with Crippen molar-refractivity contribution in [1.82, 2.24) is 15.5 Å². The van der Waals surface area contributed by atoms with Crippen molar-refractivity contribution in [1.29, 1.82) is 5.26 Å². The number of nitrogens with zero attached hydrogens (tertiary/aromatic N) is 3. The summed E-state index contributed by atoms with van der Waals surface area (Å²) < 4.78 is 5.31. The van der Waals surface area contributed by atoms with E-state index in [-0.39, 0.29) is 12.0 Å². The zero-order chi connectivity index (χ0) is 14.5. The second kappa shape index (κ2) is 6.51. The van der Waals surface area contributed by atoms with E-state index in [0.29, 0.717) is 12.4 Å². The van der Waals surface area contributed by atoms with Gasteiger partial charge in [0.25, 0.3) is 0 Å². The number of aromatic nitrogens is 2. The Morgan fingerprint density at radius 1 is 1.29 bits per heavy atom. The SMILES string of the molecule is N#C[C@@H]1CNC(c2nc(CCCc3ccccc3)no2)C1. The lowest BCUT2D eigenvalue weighted by atomic mass is 10.1. The topological polar surface area (TPSA) is 74.7 Å². The molecule has 2 heterocycles. The highest BCUT2D eigenvalue weighted by atomic mass is 16.5. The molecule has 1 unspecified atom stereocenters. The van der Waals surface area contributed by atoms with E-state index >= 15 is 0 Å². The lowest BCUT2D eigenvalue weighted by molar-refractivity contribution is 0.340. The molecular weight excluding hydrogens is 264 g/mol. The van der Waals surface area contributed by atoms with E-state index in [4.69, 9.17) is 9.78 Å². The Hall–Kier alpha value is -2.19. The van der Waals surface area contributed by atoms with Crippen molar-refractivity contribution in [3.8, 4) is 6.07 Å². The van der Waals surface area contributed by atoms with Crippen LogP contribution in [0.15, 0.2) is 34.9 Å². The van der Waals surface area contributed by atoms with Gasteiger partial charge in [0.2, 0.25) is 5.89 Å². The molecule has 21 heavy (non-hydrogen) atoms. The molecule has 0 bridgehead atoms. The van der Waals surface area contributed by atoms with Gasteiger partial charge in [-0.05, 0) is 24.8 Å². The first-order valence-electron chi connectivity index (χ1n) is 7.34. The predicted octanol–water partition coefficient (Wildman–Crippen LogP) is 2.42. The van der Waals surface area contributed by atoms with Crippen LogP contribution in [0.5, 0.6) is 0 Å². The van der Waals surface area contributed by atoms with E-state index in [2.05, 4.69) is 45.8 Å². The third-order valence-electron chi connectivity index (χ3n) is 3.80. The van der Waals surface area contributed by atoms with E-state index in [1.54, 1.807) is 0 Å².